The summed E-state index contributed by atoms with van der Waals surface area (Å²) < 4.78 is 0. The molecule has 1 aliphatic carbocycles. The highest BCUT2D eigenvalue weighted by Gasteiger charge is 2.18. The van der Waals surface area contributed by atoms with E-state index in [1.54, 1.807) is 18.3 Å². The second-order valence-electron chi connectivity index (χ2n) is 5.28. The molecule has 0 bridgehead atoms. The lowest BCUT2D eigenvalue weighted by Crippen LogP contribution is -2.10. The number of aliphatic carboxylic acids is 1. The van der Waals surface area contributed by atoms with Gasteiger partial charge in [0.25, 0.3) is 0 Å². The Morgan fingerprint density at radius 2 is 2.22 bits per heavy atom. The molecule has 18 heavy (non-hydrogen) atoms. The van der Waals surface area contributed by atoms with Crippen molar-refractivity contribution in [1.82, 2.24) is 4.98 Å². The van der Waals surface area contributed by atoms with Crippen molar-refractivity contribution < 1.29 is 9.90 Å². The van der Waals surface area contributed by atoms with Gasteiger partial charge in [-0.2, -0.15) is 0 Å². The lowest BCUT2D eigenvalue weighted by molar-refractivity contribution is -0.141. The van der Waals surface area contributed by atoms with Gasteiger partial charge in [-0.25, -0.2) is 4.98 Å². The number of hydrogen-bond acceptors (Lipinski definition) is 3. The largest absolute Gasteiger partial charge is 0.481 e. The Labute approximate surface area is 112 Å². The summed E-state index contributed by atoms with van der Waals surface area (Å²) in [5, 5.41) is 12.1. The average Bonchev–Trinajstić information content (AvgIpc) is 2.85. The fraction of sp³-hybridized carbons (Fsp3) is 0.714. The number of carbonyl (C=O) groups is 1. The van der Waals surface area contributed by atoms with Gasteiger partial charge in [0.15, 0.2) is 0 Å². The molecule has 3 nitrogen and oxygen atoms in total. The minimum Gasteiger partial charge on any atom is -0.481 e. The van der Waals surface area contributed by atoms with Crippen LogP contribution in [0.25, 0.3) is 0 Å². The molecule has 1 aromatic heterocycles. The molecule has 0 amide bonds. The number of aryl methyl sites for hydroxylation is 1. The molecule has 1 N–H and O–H groups in total. The van der Waals surface area contributed by atoms with Crippen LogP contribution in [0.1, 0.15) is 62.1 Å². The molecule has 0 aliphatic heterocycles. The summed E-state index contributed by atoms with van der Waals surface area (Å²) in [6, 6.07) is 0. The smallest absolute Gasteiger partial charge is 0.306 e. The lowest BCUT2D eigenvalue weighted by atomic mass is 9.87. The molecular formula is C14H21NO2S. The van der Waals surface area contributed by atoms with Crippen LogP contribution in [0.5, 0.6) is 0 Å². The van der Waals surface area contributed by atoms with Crippen LogP contribution in [0.4, 0.5) is 0 Å². The second-order valence-corrected chi connectivity index (χ2v) is 6.22. The SMILES string of the molecule is CC(CCc1nc(C2CCCCC2)cs1)C(=O)O. The molecular weight excluding hydrogens is 246 g/mol. The minimum absolute atomic E-state index is 0.271. The van der Waals surface area contributed by atoms with Crippen molar-refractivity contribution in [2.45, 2.75) is 57.8 Å². The molecule has 0 aromatic carbocycles. The van der Waals surface area contributed by atoms with Crippen LogP contribution >= 0.6 is 11.3 Å². The fourth-order valence-electron chi connectivity index (χ4n) is 2.49. The molecule has 1 saturated carbocycles. The molecule has 2 rings (SSSR count). The zero-order chi connectivity index (χ0) is 13.0. The first kappa shape index (κ1) is 13.5. The molecule has 1 heterocycles. The highest BCUT2D eigenvalue weighted by molar-refractivity contribution is 7.09. The third-order valence-electron chi connectivity index (χ3n) is 3.81. The molecule has 4 heteroatoms. The standard InChI is InChI=1S/C14H21NO2S/c1-10(14(16)17)7-8-13-15-12(9-18-13)11-5-3-2-4-6-11/h9-11H,2-8H2,1H3,(H,16,17). The van der Waals surface area contributed by atoms with Crippen LogP contribution in [0.2, 0.25) is 0 Å². The van der Waals surface area contributed by atoms with Crippen LogP contribution in [0.15, 0.2) is 5.38 Å². The Morgan fingerprint density at radius 3 is 2.89 bits per heavy atom. The molecule has 1 atom stereocenters. The van der Waals surface area contributed by atoms with Gasteiger partial charge in [-0.1, -0.05) is 26.2 Å². The highest BCUT2D eigenvalue weighted by Crippen LogP contribution is 2.33. The van der Waals surface area contributed by atoms with Gasteiger partial charge in [-0.3, -0.25) is 4.79 Å². The predicted molar refractivity (Wildman–Crippen MR) is 73.1 cm³/mol. The molecule has 1 aliphatic rings. The van der Waals surface area contributed by atoms with Gasteiger partial charge in [0.05, 0.1) is 16.6 Å². The number of thiazole rings is 1. The average molecular weight is 267 g/mol. The van der Waals surface area contributed by atoms with E-state index in [1.165, 1.54) is 37.8 Å². The van der Waals surface area contributed by atoms with E-state index in [0.29, 0.717) is 12.3 Å². The number of aromatic nitrogens is 1. The van der Waals surface area contributed by atoms with E-state index in [2.05, 4.69) is 5.38 Å². The third-order valence-corrected chi connectivity index (χ3v) is 4.73. The van der Waals surface area contributed by atoms with Gasteiger partial charge >= 0.3 is 5.97 Å². The summed E-state index contributed by atoms with van der Waals surface area (Å²) in [6.45, 7) is 1.76. The quantitative estimate of drug-likeness (QED) is 0.881. The third kappa shape index (κ3) is 3.55. The first-order valence-electron chi connectivity index (χ1n) is 6.84. The van der Waals surface area contributed by atoms with Crippen LogP contribution < -0.4 is 0 Å². The van der Waals surface area contributed by atoms with Crippen molar-refractivity contribution >= 4 is 17.3 Å². The van der Waals surface area contributed by atoms with Gasteiger partial charge in [-0.15, -0.1) is 11.3 Å². The Hall–Kier alpha value is -0.900. The minimum atomic E-state index is -0.709. The lowest BCUT2D eigenvalue weighted by Gasteiger charge is -2.19. The predicted octanol–water partition coefficient (Wildman–Crippen LogP) is 3.84. The summed E-state index contributed by atoms with van der Waals surface area (Å²) in [4.78, 5) is 15.4. The normalized spacial score (nSPS) is 18.7. The number of hydrogen-bond donors (Lipinski definition) is 1. The van der Waals surface area contributed by atoms with Crippen molar-refractivity contribution in [3.8, 4) is 0 Å². The molecule has 0 saturated heterocycles. The molecule has 1 fully saturated rings. The number of rotatable bonds is 5. The van der Waals surface area contributed by atoms with Crippen LogP contribution in [-0.4, -0.2) is 16.1 Å². The molecule has 0 spiro atoms. The molecule has 1 unspecified atom stereocenters. The number of nitrogens with zero attached hydrogens (tertiary/aromatic N) is 1. The van der Waals surface area contributed by atoms with Gasteiger partial charge in [0.1, 0.15) is 0 Å². The molecule has 100 valence electrons. The van der Waals surface area contributed by atoms with Crippen LogP contribution in [0, 0.1) is 5.92 Å². The summed E-state index contributed by atoms with van der Waals surface area (Å²) in [6.07, 6.45) is 8.05. The maximum Gasteiger partial charge on any atom is 0.306 e. The molecule has 0 radical (unpaired) electrons. The Balaban J connectivity index is 1.87. The summed E-state index contributed by atoms with van der Waals surface area (Å²) in [5.74, 6) is -0.327. The van der Waals surface area contributed by atoms with E-state index in [4.69, 9.17) is 10.1 Å². The topological polar surface area (TPSA) is 50.2 Å². The maximum absolute atomic E-state index is 10.8. The van der Waals surface area contributed by atoms with Gasteiger partial charge in [-0.05, 0) is 19.3 Å². The van der Waals surface area contributed by atoms with E-state index in [-0.39, 0.29) is 5.92 Å². The van der Waals surface area contributed by atoms with Crippen LogP contribution in [0.3, 0.4) is 0 Å². The Bertz CT molecular complexity index is 396. The van der Waals surface area contributed by atoms with Crippen LogP contribution in [-0.2, 0) is 11.2 Å². The molecule has 1 aromatic rings. The van der Waals surface area contributed by atoms with E-state index in [0.717, 1.165) is 11.4 Å². The summed E-state index contributed by atoms with van der Waals surface area (Å²) >= 11 is 1.69. The van der Waals surface area contributed by atoms with Crippen molar-refractivity contribution in [2.75, 3.05) is 0 Å². The zero-order valence-corrected chi connectivity index (χ0v) is 11.7. The van der Waals surface area contributed by atoms with Crippen molar-refractivity contribution in [3.05, 3.63) is 16.1 Å². The van der Waals surface area contributed by atoms with E-state index < -0.39 is 5.97 Å². The van der Waals surface area contributed by atoms with Gasteiger partial charge in [0.2, 0.25) is 0 Å². The maximum atomic E-state index is 10.8. The van der Waals surface area contributed by atoms with Crippen molar-refractivity contribution in [2.24, 2.45) is 5.92 Å². The van der Waals surface area contributed by atoms with Crippen molar-refractivity contribution in [3.63, 3.8) is 0 Å². The summed E-state index contributed by atoms with van der Waals surface area (Å²) in [5.41, 5.74) is 1.25. The van der Waals surface area contributed by atoms with E-state index in [1.807, 2.05) is 0 Å². The number of carboxylic acids is 1. The van der Waals surface area contributed by atoms with Gasteiger partial charge < -0.3 is 5.11 Å². The second kappa shape index (κ2) is 6.32. The number of carboxylic acid groups (broad SMARTS) is 1. The summed E-state index contributed by atoms with van der Waals surface area (Å²) in [7, 11) is 0. The highest BCUT2D eigenvalue weighted by atomic mass is 32.1. The Morgan fingerprint density at radius 1 is 1.50 bits per heavy atom. The van der Waals surface area contributed by atoms with E-state index >= 15 is 0 Å². The first-order valence-corrected chi connectivity index (χ1v) is 7.72. The first-order chi connectivity index (χ1) is 8.66. The Kier molecular flexibility index (Phi) is 4.75. The van der Waals surface area contributed by atoms with Gasteiger partial charge in [0, 0.05) is 17.7 Å². The zero-order valence-electron chi connectivity index (χ0n) is 10.9. The van der Waals surface area contributed by atoms with Crippen molar-refractivity contribution in [1.29, 1.82) is 0 Å². The van der Waals surface area contributed by atoms with E-state index in [9.17, 15) is 4.79 Å². The monoisotopic (exact) mass is 267 g/mol. The fourth-order valence-corrected chi connectivity index (χ4v) is 3.38.